The molecule has 4 heteroatoms. The first-order valence-electron chi connectivity index (χ1n) is 7.40. The Hall–Kier alpha value is -1.81. The molecule has 1 aromatic carbocycles. The summed E-state index contributed by atoms with van der Waals surface area (Å²) in [6.07, 6.45) is 4.01. The first-order chi connectivity index (χ1) is 9.97. The van der Waals surface area contributed by atoms with E-state index in [1.54, 1.807) is 13.0 Å². The quantitative estimate of drug-likeness (QED) is 0.862. The fourth-order valence-electron chi connectivity index (χ4n) is 2.54. The molecule has 1 aliphatic heterocycles. The van der Waals surface area contributed by atoms with E-state index in [1.807, 2.05) is 54.2 Å². The second kappa shape index (κ2) is 6.76. The first kappa shape index (κ1) is 15.6. The van der Waals surface area contributed by atoms with Gasteiger partial charge in [-0.1, -0.05) is 12.1 Å². The summed E-state index contributed by atoms with van der Waals surface area (Å²) < 4.78 is 0. The second-order valence-corrected chi connectivity index (χ2v) is 5.89. The van der Waals surface area contributed by atoms with Crippen LogP contribution in [0.3, 0.4) is 0 Å². The molecule has 2 atom stereocenters. The number of carbonyl (C=O) groups is 1. The molecule has 1 heterocycles. The third-order valence-corrected chi connectivity index (χ3v) is 4.05. The maximum absolute atomic E-state index is 12.1. The minimum Gasteiger partial charge on any atom is -0.393 e. The predicted molar refractivity (Wildman–Crippen MR) is 86.2 cm³/mol. The van der Waals surface area contributed by atoms with Crippen molar-refractivity contribution >= 4 is 17.7 Å². The Morgan fingerprint density at radius 2 is 2.05 bits per heavy atom. The van der Waals surface area contributed by atoms with Gasteiger partial charge in [0.1, 0.15) is 0 Å². The first-order valence-corrected chi connectivity index (χ1v) is 7.40. The van der Waals surface area contributed by atoms with Crippen molar-refractivity contribution in [1.29, 1.82) is 0 Å². The number of hydrogen-bond donors (Lipinski definition) is 1. The number of likely N-dealkylation sites (tertiary alicyclic amines) is 1. The van der Waals surface area contributed by atoms with Gasteiger partial charge < -0.3 is 14.9 Å². The summed E-state index contributed by atoms with van der Waals surface area (Å²) in [4.78, 5) is 16.0. The number of anilines is 1. The summed E-state index contributed by atoms with van der Waals surface area (Å²) in [5.41, 5.74) is 2.15. The van der Waals surface area contributed by atoms with Crippen LogP contribution in [0.5, 0.6) is 0 Å². The Morgan fingerprint density at radius 1 is 1.38 bits per heavy atom. The molecule has 0 aliphatic carbocycles. The number of aliphatic hydroxyl groups is 1. The molecule has 1 fully saturated rings. The molecule has 1 amide bonds. The molecule has 0 bridgehead atoms. The molecule has 2 unspecified atom stereocenters. The number of aliphatic hydroxyl groups excluding tert-OH is 1. The van der Waals surface area contributed by atoms with E-state index in [9.17, 15) is 9.90 Å². The fraction of sp³-hybridized carbons (Fsp3) is 0.471. The van der Waals surface area contributed by atoms with Gasteiger partial charge in [-0.2, -0.15) is 0 Å². The van der Waals surface area contributed by atoms with E-state index in [0.717, 1.165) is 24.2 Å². The third-order valence-electron chi connectivity index (χ3n) is 4.05. The zero-order valence-electron chi connectivity index (χ0n) is 13.0. The van der Waals surface area contributed by atoms with Crippen molar-refractivity contribution in [2.24, 2.45) is 5.92 Å². The average Bonchev–Trinajstić information content (AvgIpc) is 2.95. The van der Waals surface area contributed by atoms with Gasteiger partial charge in [0.15, 0.2) is 0 Å². The maximum atomic E-state index is 12.1. The van der Waals surface area contributed by atoms with Crippen LogP contribution in [0.15, 0.2) is 30.3 Å². The van der Waals surface area contributed by atoms with Crippen molar-refractivity contribution in [3.63, 3.8) is 0 Å². The van der Waals surface area contributed by atoms with Gasteiger partial charge in [-0.05, 0) is 37.1 Å². The van der Waals surface area contributed by atoms with Crippen LogP contribution in [0, 0.1) is 5.92 Å². The highest BCUT2D eigenvalue weighted by atomic mass is 16.3. The maximum Gasteiger partial charge on any atom is 0.246 e. The van der Waals surface area contributed by atoms with Crippen molar-refractivity contribution in [2.45, 2.75) is 19.4 Å². The van der Waals surface area contributed by atoms with Crippen molar-refractivity contribution in [2.75, 3.05) is 32.1 Å². The summed E-state index contributed by atoms with van der Waals surface area (Å²) in [7, 11) is 4.00. The van der Waals surface area contributed by atoms with E-state index in [4.69, 9.17) is 0 Å². The molecule has 0 spiro atoms. The molecular weight excluding hydrogens is 264 g/mol. The highest BCUT2D eigenvalue weighted by Gasteiger charge is 2.27. The molecule has 1 aliphatic rings. The van der Waals surface area contributed by atoms with E-state index in [1.165, 1.54) is 0 Å². The molecule has 4 nitrogen and oxygen atoms in total. The molecule has 114 valence electrons. The number of rotatable bonds is 4. The van der Waals surface area contributed by atoms with Crippen LogP contribution in [0.2, 0.25) is 0 Å². The SMILES string of the molecule is CC(O)C1CCN(C(=O)/C=C/c2ccc(N(C)C)cc2)C1. The summed E-state index contributed by atoms with van der Waals surface area (Å²) in [6.45, 7) is 3.18. The van der Waals surface area contributed by atoms with Crippen LogP contribution >= 0.6 is 0 Å². The lowest BCUT2D eigenvalue weighted by Crippen LogP contribution is -2.28. The normalized spacial score (nSPS) is 20.0. The van der Waals surface area contributed by atoms with E-state index >= 15 is 0 Å². The van der Waals surface area contributed by atoms with Crippen LogP contribution in [0.25, 0.3) is 6.08 Å². The van der Waals surface area contributed by atoms with Gasteiger partial charge >= 0.3 is 0 Å². The van der Waals surface area contributed by atoms with E-state index in [-0.39, 0.29) is 17.9 Å². The Morgan fingerprint density at radius 3 is 2.57 bits per heavy atom. The average molecular weight is 288 g/mol. The number of nitrogens with zero attached hydrogens (tertiary/aromatic N) is 2. The zero-order chi connectivity index (χ0) is 15.4. The Bertz CT molecular complexity index is 506. The van der Waals surface area contributed by atoms with Gasteiger partial charge in [0, 0.05) is 44.9 Å². The standard InChI is InChI=1S/C17H24N2O2/c1-13(20)15-10-11-19(12-15)17(21)9-6-14-4-7-16(8-5-14)18(2)3/h4-9,13,15,20H,10-12H2,1-3H3/b9-6+. The Balaban J connectivity index is 1.93. The van der Waals surface area contributed by atoms with Gasteiger partial charge in [-0.15, -0.1) is 0 Å². The van der Waals surface area contributed by atoms with Crippen molar-refractivity contribution in [3.8, 4) is 0 Å². The minimum absolute atomic E-state index is 0.0230. The van der Waals surface area contributed by atoms with Crippen LogP contribution in [0.4, 0.5) is 5.69 Å². The predicted octanol–water partition coefficient (Wildman–Crippen LogP) is 2.00. The summed E-state index contributed by atoms with van der Waals surface area (Å²) in [5, 5.41) is 9.57. The van der Waals surface area contributed by atoms with Gasteiger partial charge in [0.25, 0.3) is 0 Å². The molecule has 1 saturated heterocycles. The van der Waals surface area contributed by atoms with Crippen LogP contribution < -0.4 is 4.90 Å². The number of benzene rings is 1. The molecule has 1 aromatic rings. The largest absolute Gasteiger partial charge is 0.393 e. The van der Waals surface area contributed by atoms with E-state index in [0.29, 0.717) is 6.54 Å². The number of hydrogen-bond acceptors (Lipinski definition) is 3. The van der Waals surface area contributed by atoms with E-state index in [2.05, 4.69) is 0 Å². The lowest BCUT2D eigenvalue weighted by Gasteiger charge is -2.16. The fourth-order valence-corrected chi connectivity index (χ4v) is 2.54. The number of carbonyl (C=O) groups excluding carboxylic acids is 1. The van der Waals surface area contributed by atoms with Crippen molar-refractivity contribution < 1.29 is 9.90 Å². The minimum atomic E-state index is -0.342. The second-order valence-electron chi connectivity index (χ2n) is 5.89. The van der Waals surface area contributed by atoms with Crippen LogP contribution in [-0.4, -0.2) is 49.2 Å². The monoisotopic (exact) mass is 288 g/mol. The summed E-state index contributed by atoms with van der Waals surface area (Å²) in [6, 6.07) is 8.07. The molecule has 2 rings (SSSR count). The van der Waals surface area contributed by atoms with Crippen molar-refractivity contribution in [3.05, 3.63) is 35.9 Å². The summed E-state index contributed by atoms with van der Waals surface area (Å²) >= 11 is 0. The highest BCUT2D eigenvalue weighted by Crippen LogP contribution is 2.20. The molecule has 1 N–H and O–H groups in total. The van der Waals surface area contributed by atoms with Gasteiger partial charge in [-0.3, -0.25) is 4.79 Å². The van der Waals surface area contributed by atoms with Crippen molar-refractivity contribution in [1.82, 2.24) is 4.90 Å². The van der Waals surface area contributed by atoms with Crippen LogP contribution in [0.1, 0.15) is 18.9 Å². The third kappa shape index (κ3) is 4.08. The molecule has 0 saturated carbocycles. The Kier molecular flexibility index (Phi) is 5.02. The van der Waals surface area contributed by atoms with Gasteiger partial charge in [0.2, 0.25) is 5.91 Å². The topological polar surface area (TPSA) is 43.8 Å². The van der Waals surface area contributed by atoms with Gasteiger partial charge in [-0.25, -0.2) is 0 Å². The summed E-state index contributed by atoms with van der Waals surface area (Å²) in [5.74, 6) is 0.233. The zero-order valence-corrected chi connectivity index (χ0v) is 13.0. The Labute approximate surface area is 126 Å². The van der Waals surface area contributed by atoms with E-state index < -0.39 is 0 Å². The lowest BCUT2D eigenvalue weighted by atomic mass is 10.0. The molecular formula is C17H24N2O2. The number of amides is 1. The van der Waals surface area contributed by atoms with Crippen LogP contribution in [-0.2, 0) is 4.79 Å². The molecule has 0 radical (unpaired) electrons. The molecule has 0 aromatic heterocycles. The van der Waals surface area contributed by atoms with Gasteiger partial charge in [0.05, 0.1) is 6.10 Å². The highest BCUT2D eigenvalue weighted by molar-refractivity contribution is 5.92. The smallest absolute Gasteiger partial charge is 0.246 e. The molecule has 21 heavy (non-hydrogen) atoms. The lowest BCUT2D eigenvalue weighted by molar-refractivity contribution is -0.125.